The summed E-state index contributed by atoms with van der Waals surface area (Å²) in [5, 5.41) is 12.2. The van der Waals surface area contributed by atoms with Crippen LogP contribution in [0.25, 0.3) is 21.8 Å². The lowest BCUT2D eigenvalue weighted by molar-refractivity contribution is 0.481. The van der Waals surface area contributed by atoms with E-state index in [1.165, 1.54) is 0 Å². The number of phenols is 1. The fraction of sp³-hybridized carbons (Fsp3) is 0.267. The first kappa shape index (κ1) is 11.1. The molecule has 0 unspecified atom stereocenters. The summed E-state index contributed by atoms with van der Waals surface area (Å²) in [6.07, 6.45) is 1.82. The standard InChI is InChI=1S/C15H16N2O/c1-10(2)8-17-9-16-14-13(18)7-11-5-3-4-6-12(11)15(14)17/h3-7,9-10,18H,8H2,1-2H3. The molecule has 0 spiro atoms. The topological polar surface area (TPSA) is 38.0 Å². The lowest BCUT2D eigenvalue weighted by Gasteiger charge is -2.09. The Morgan fingerprint density at radius 1 is 1.28 bits per heavy atom. The number of imidazole rings is 1. The van der Waals surface area contributed by atoms with Gasteiger partial charge in [0.25, 0.3) is 0 Å². The van der Waals surface area contributed by atoms with E-state index in [0.717, 1.165) is 22.8 Å². The number of benzene rings is 2. The van der Waals surface area contributed by atoms with Crippen LogP contribution in [0.3, 0.4) is 0 Å². The largest absolute Gasteiger partial charge is 0.506 e. The van der Waals surface area contributed by atoms with Gasteiger partial charge in [-0.2, -0.15) is 0 Å². The van der Waals surface area contributed by atoms with Crippen molar-refractivity contribution in [3.8, 4) is 5.75 Å². The van der Waals surface area contributed by atoms with E-state index in [9.17, 15) is 5.11 Å². The van der Waals surface area contributed by atoms with Gasteiger partial charge < -0.3 is 9.67 Å². The van der Waals surface area contributed by atoms with Crippen molar-refractivity contribution in [2.75, 3.05) is 0 Å². The average Bonchev–Trinajstić information content (AvgIpc) is 2.73. The van der Waals surface area contributed by atoms with Crippen molar-refractivity contribution in [2.45, 2.75) is 20.4 Å². The van der Waals surface area contributed by atoms with Gasteiger partial charge in [-0.15, -0.1) is 0 Å². The fourth-order valence-corrected chi connectivity index (χ4v) is 2.44. The van der Waals surface area contributed by atoms with Gasteiger partial charge in [-0.25, -0.2) is 4.98 Å². The van der Waals surface area contributed by atoms with Gasteiger partial charge >= 0.3 is 0 Å². The average molecular weight is 240 g/mol. The number of fused-ring (bicyclic) bond motifs is 3. The molecular weight excluding hydrogens is 224 g/mol. The Labute approximate surface area is 106 Å². The van der Waals surface area contributed by atoms with E-state index in [1.54, 1.807) is 6.07 Å². The number of hydrogen-bond donors (Lipinski definition) is 1. The van der Waals surface area contributed by atoms with Crippen LogP contribution in [0.2, 0.25) is 0 Å². The van der Waals surface area contributed by atoms with Gasteiger partial charge in [-0.3, -0.25) is 0 Å². The Hall–Kier alpha value is -2.03. The third-order valence-corrected chi connectivity index (χ3v) is 3.15. The van der Waals surface area contributed by atoms with Crippen molar-refractivity contribution < 1.29 is 5.11 Å². The molecule has 0 bridgehead atoms. The molecule has 0 atom stereocenters. The zero-order valence-electron chi connectivity index (χ0n) is 10.6. The molecule has 1 N–H and O–H groups in total. The van der Waals surface area contributed by atoms with E-state index in [-0.39, 0.29) is 5.75 Å². The molecular formula is C15H16N2O. The molecule has 2 aromatic carbocycles. The van der Waals surface area contributed by atoms with Crippen LogP contribution >= 0.6 is 0 Å². The van der Waals surface area contributed by atoms with Gasteiger partial charge in [-0.05, 0) is 17.4 Å². The summed E-state index contributed by atoms with van der Waals surface area (Å²) in [6.45, 7) is 5.26. The van der Waals surface area contributed by atoms with Gasteiger partial charge in [0.15, 0.2) is 0 Å². The van der Waals surface area contributed by atoms with Crippen LogP contribution in [0.5, 0.6) is 5.75 Å². The molecule has 92 valence electrons. The summed E-state index contributed by atoms with van der Waals surface area (Å²) in [5.74, 6) is 0.801. The minimum atomic E-state index is 0.256. The third-order valence-electron chi connectivity index (χ3n) is 3.15. The van der Waals surface area contributed by atoms with Crippen LogP contribution in [0.1, 0.15) is 13.8 Å². The van der Waals surface area contributed by atoms with Crippen LogP contribution in [0.15, 0.2) is 36.7 Å². The number of aromatic nitrogens is 2. The first-order valence-electron chi connectivity index (χ1n) is 6.22. The van der Waals surface area contributed by atoms with Crippen molar-refractivity contribution >= 4 is 21.8 Å². The number of aromatic hydroxyl groups is 1. The minimum absolute atomic E-state index is 0.256. The van der Waals surface area contributed by atoms with Gasteiger partial charge in [0.05, 0.1) is 11.8 Å². The maximum absolute atomic E-state index is 10.0. The normalized spacial score (nSPS) is 11.7. The van der Waals surface area contributed by atoms with Gasteiger partial charge in [0.1, 0.15) is 11.3 Å². The molecule has 0 fully saturated rings. The predicted octanol–water partition coefficient (Wildman–Crippen LogP) is 3.55. The molecule has 0 saturated carbocycles. The Balaban J connectivity index is 2.40. The highest BCUT2D eigenvalue weighted by Gasteiger charge is 2.12. The van der Waals surface area contributed by atoms with E-state index in [0.29, 0.717) is 11.4 Å². The molecule has 0 amide bonds. The number of nitrogens with zero attached hydrogens (tertiary/aromatic N) is 2. The van der Waals surface area contributed by atoms with Crippen molar-refractivity contribution in [3.63, 3.8) is 0 Å². The number of rotatable bonds is 2. The summed E-state index contributed by atoms with van der Waals surface area (Å²) in [6, 6.07) is 9.88. The molecule has 3 heteroatoms. The van der Waals surface area contributed by atoms with Gasteiger partial charge in [0, 0.05) is 11.9 Å². The second-order valence-electron chi connectivity index (χ2n) is 5.10. The zero-order valence-corrected chi connectivity index (χ0v) is 10.6. The highest BCUT2D eigenvalue weighted by Crippen LogP contribution is 2.32. The molecule has 0 radical (unpaired) electrons. The number of hydrogen-bond acceptors (Lipinski definition) is 2. The first-order chi connectivity index (χ1) is 8.66. The van der Waals surface area contributed by atoms with Crippen molar-refractivity contribution in [1.82, 2.24) is 9.55 Å². The van der Waals surface area contributed by atoms with Crippen molar-refractivity contribution in [1.29, 1.82) is 0 Å². The van der Waals surface area contributed by atoms with Gasteiger partial charge in [0.2, 0.25) is 0 Å². The van der Waals surface area contributed by atoms with E-state index in [1.807, 2.05) is 24.5 Å². The van der Waals surface area contributed by atoms with Crippen LogP contribution in [0.4, 0.5) is 0 Å². The molecule has 1 aromatic heterocycles. The molecule has 0 aliphatic rings. The number of phenolic OH excluding ortho intramolecular Hbond substituents is 1. The monoisotopic (exact) mass is 240 g/mol. The Morgan fingerprint density at radius 2 is 2.06 bits per heavy atom. The Kier molecular flexibility index (Phi) is 2.47. The molecule has 18 heavy (non-hydrogen) atoms. The third kappa shape index (κ3) is 1.63. The van der Waals surface area contributed by atoms with Crippen molar-refractivity contribution in [3.05, 3.63) is 36.7 Å². The second kappa shape index (κ2) is 4.02. The summed E-state index contributed by atoms with van der Waals surface area (Å²) in [7, 11) is 0. The van der Waals surface area contributed by atoms with E-state index >= 15 is 0 Å². The molecule has 0 aliphatic heterocycles. The highest BCUT2D eigenvalue weighted by molar-refractivity contribution is 6.07. The molecule has 0 saturated heterocycles. The molecule has 0 aliphatic carbocycles. The quantitative estimate of drug-likeness (QED) is 0.743. The van der Waals surface area contributed by atoms with Crippen LogP contribution in [0, 0.1) is 5.92 Å². The van der Waals surface area contributed by atoms with Crippen LogP contribution in [-0.2, 0) is 6.54 Å². The maximum atomic E-state index is 10.0. The van der Waals surface area contributed by atoms with E-state index < -0.39 is 0 Å². The summed E-state index contributed by atoms with van der Waals surface area (Å²) in [5.41, 5.74) is 1.72. The summed E-state index contributed by atoms with van der Waals surface area (Å²) in [4.78, 5) is 4.33. The SMILES string of the molecule is CC(C)Cn1cnc2c(O)cc3ccccc3c21. The smallest absolute Gasteiger partial charge is 0.144 e. The summed E-state index contributed by atoms with van der Waals surface area (Å²) < 4.78 is 2.13. The first-order valence-corrected chi connectivity index (χ1v) is 6.22. The molecule has 1 heterocycles. The molecule has 3 nitrogen and oxygen atoms in total. The Bertz CT molecular complexity index is 713. The van der Waals surface area contributed by atoms with E-state index in [4.69, 9.17) is 0 Å². The van der Waals surface area contributed by atoms with Crippen molar-refractivity contribution in [2.24, 2.45) is 5.92 Å². The summed E-state index contributed by atoms with van der Waals surface area (Å²) >= 11 is 0. The van der Waals surface area contributed by atoms with Gasteiger partial charge in [-0.1, -0.05) is 38.1 Å². The zero-order chi connectivity index (χ0) is 12.7. The highest BCUT2D eigenvalue weighted by atomic mass is 16.3. The molecule has 3 aromatic rings. The fourth-order valence-electron chi connectivity index (χ4n) is 2.44. The van der Waals surface area contributed by atoms with Crippen LogP contribution in [-0.4, -0.2) is 14.7 Å². The lowest BCUT2D eigenvalue weighted by atomic mass is 10.1. The second-order valence-corrected chi connectivity index (χ2v) is 5.10. The van der Waals surface area contributed by atoms with Crippen LogP contribution < -0.4 is 0 Å². The molecule has 3 rings (SSSR count). The maximum Gasteiger partial charge on any atom is 0.144 e. The lowest BCUT2D eigenvalue weighted by Crippen LogP contribution is -2.02. The van der Waals surface area contributed by atoms with E-state index in [2.05, 4.69) is 29.5 Å². The minimum Gasteiger partial charge on any atom is -0.506 e. The predicted molar refractivity (Wildman–Crippen MR) is 73.7 cm³/mol. The Morgan fingerprint density at radius 3 is 2.83 bits per heavy atom.